The molecule has 1 aliphatic rings. The predicted molar refractivity (Wildman–Crippen MR) is 133 cm³/mol. The maximum absolute atomic E-state index is 12.4. The molecule has 1 aromatic heterocycles. The Hall–Kier alpha value is -1.56. The molecule has 1 saturated heterocycles. The van der Waals surface area contributed by atoms with Gasteiger partial charge in [-0.3, -0.25) is 4.68 Å². The molecule has 0 radical (unpaired) electrons. The third kappa shape index (κ3) is 9.22. The van der Waals surface area contributed by atoms with Crippen molar-refractivity contribution in [3.63, 3.8) is 0 Å². The van der Waals surface area contributed by atoms with Crippen LogP contribution in [0.4, 0.5) is 4.79 Å². The molecule has 1 amide bonds. The summed E-state index contributed by atoms with van der Waals surface area (Å²) < 4.78 is 7.17. The van der Waals surface area contributed by atoms with Crippen LogP contribution >= 0.6 is 24.0 Å². The van der Waals surface area contributed by atoms with Crippen molar-refractivity contribution in [2.24, 2.45) is 18.0 Å². The number of halogens is 1. The number of ether oxygens (including phenoxy) is 1. The van der Waals surface area contributed by atoms with Crippen molar-refractivity contribution in [3.8, 4) is 0 Å². The Kier molecular flexibility index (Phi) is 10.5. The van der Waals surface area contributed by atoms with Crippen molar-refractivity contribution in [2.45, 2.75) is 58.7 Å². The van der Waals surface area contributed by atoms with Crippen LogP contribution in [-0.2, 0) is 17.4 Å². The Balaban J connectivity index is 0.00000480. The summed E-state index contributed by atoms with van der Waals surface area (Å²) in [6, 6.07) is 0. The Labute approximate surface area is 203 Å². The molecule has 31 heavy (non-hydrogen) atoms. The molecule has 0 bridgehead atoms. The lowest BCUT2D eigenvalue weighted by molar-refractivity contribution is 0.0168. The number of aromatic nitrogens is 2. The lowest BCUT2D eigenvalue weighted by Crippen LogP contribution is -2.47. The van der Waals surface area contributed by atoms with Gasteiger partial charge in [0.2, 0.25) is 0 Å². The van der Waals surface area contributed by atoms with E-state index in [0.29, 0.717) is 25.0 Å². The van der Waals surface area contributed by atoms with E-state index in [4.69, 9.17) is 4.74 Å². The van der Waals surface area contributed by atoms with Gasteiger partial charge in [-0.05, 0) is 53.4 Å². The molecule has 2 atom stereocenters. The summed E-state index contributed by atoms with van der Waals surface area (Å²) in [6.07, 6.45) is 5.20. The first-order chi connectivity index (χ1) is 14.0. The van der Waals surface area contributed by atoms with E-state index in [1.54, 1.807) is 28.9 Å². The average molecular weight is 550 g/mol. The Morgan fingerprint density at radius 2 is 2.06 bits per heavy atom. The van der Waals surface area contributed by atoms with Gasteiger partial charge in [0.25, 0.3) is 0 Å². The Bertz CT molecular complexity index is 729. The van der Waals surface area contributed by atoms with Crippen LogP contribution in [0.3, 0.4) is 0 Å². The SMILES string of the molecule is CCNC(=NCC(C)(O)c1cnn(C)c1)NCC1CCCN(C(=O)OC(C)(C)C)C1.I. The molecule has 1 aromatic rings. The van der Waals surface area contributed by atoms with Gasteiger partial charge in [-0.25, -0.2) is 9.79 Å². The van der Waals surface area contributed by atoms with Crippen LogP contribution in [0.5, 0.6) is 0 Å². The van der Waals surface area contributed by atoms with E-state index < -0.39 is 11.2 Å². The zero-order valence-corrected chi connectivity index (χ0v) is 22.0. The minimum atomic E-state index is -1.10. The van der Waals surface area contributed by atoms with E-state index >= 15 is 0 Å². The number of nitrogens with one attached hydrogen (secondary N) is 2. The summed E-state index contributed by atoms with van der Waals surface area (Å²) >= 11 is 0. The smallest absolute Gasteiger partial charge is 0.410 e. The quantitative estimate of drug-likeness (QED) is 0.286. The van der Waals surface area contributed by atoms with Gasteiger partial charge < -0.3 is 25.4 Å². The summed E-state index contributed by atoms with van der Waals surface area (Å²) in [7, 11) is 1.82. The second-order valence-electron chi connectivity index (χ2n) is 9.19. The molecule has 2 unspecified atom stereocenters. The highest BCUT2D eigenvalue weighted by molar-refractivity contribution is 14.0. The van der Waals surface area contributed by atoms with Crippen LogP contribution in [0.15, 0.2) is 17.4 Å². The number of likely N-dealkylation sites (tertiary alicyclic amines) is 1. The van der Waals surface area contributed by atoms with E-state index in [1.165, 1.54) is 0 Å². The molecule has 2 heterocycles. The van der Waals surface area contributed by atoms with Crippen molar-refractivity contribution in [1.29, 1.82) is 0 Å². The fourth-order valence-electron chi connectivity index (χ4n) is 3.33. The Morgan fingerprint density at radius 3 is 2.65 bits per heavy atom. The van der Waals surface area contributed by atoms with E-state index in [2.05, 4.69) is 20.7 Å². The molecule has 1 fully saturated rings. The first kappa shape index (κ1) is 27.5. The van der Waals surface area contributed by atoms with Gasteiger partial charge in [0.1, 0.15) is 11.2 Å². The molecule has 178 valence electrons. The number of piperidine rings is 1. The lowest BCUT2D eigenvalue weighted by atomic mass is 9.98. The van der Waals surface area contributed by atoms with Crippen molar-refractivity contribution >= 4 is 36.0 Å². The minimum Gasteiger partial charge on any atom is -0.444 e. The highest BCUT2D eigenvalue weighted by atomic mass is 127. The van der Waals surface area contributed by atoms with Crippen molar-refractivity contribution < 1.29 is 14.6 Å². The third-order valence-corrected chi connectivity index (χ3v) is 4.94. The summed E-state index contributed by atoms with van der Waals surface area (Å²) in [5.74, 6) is 0.963. The molecule has 0 spiro atoms. The first-order valence-corrected chi connectivity index (χ1v) is 10.7. The maximum Gasteiger partial charge on any atom is 0.410 e. The zero-order chi connectivity index (χ0) is 22.4. The molecule has 0 saturated carbocycles. The van der Waals surface area contributed by atoms with E-state index in [0.717, 1.165) is 31.5 Å². The van der Waals surface area contributed by atoms with E-state index in [-0.39, 0.29) is 36.6 Å². The second-order valence-corrected chi connectivity index (χ2v) is 9.19. The maximum atomic E-state index is 12.4. The van der Waals surface area contributed by atoms with Gasteiger partial charge in [0.05, 0.1) is 12.7 Å². The van der Waals surface area contributed by atoms with Gasteiger partial charge >= 0.3 is 6.09 Å². The van der Waals surface area contributed by atoms with Gasteiger partial charge in [0.15, 0.2) is 5.96 Å². The number of carbonyl (C=O) groups is 1. The summed E-state index contributed by atoms with van der Waals surface area (Å²) in [5.41, 5.74) is -0.863. The van der Waals surface area contributed by atoms with Crippen LogP contribution in [0.25, 0.3) is 0 Å². The van der Waals surface area contributed by atoms with Gasteiger partial charge in [-0.15, -0.1) is 24.0 Å². The number of aryl methyl sites for hydroxylation is 1. The molecule has 3 N–H and O–H groups in total. The normalized spacial score (nSPS) is 19.3. The summed E-state index contributed by atoms with van der Waals surface area (Å²) in [5, 5.41) is 21.4. The highest BCUT2D eigenvalue weighted by Gasteiger charge is 2.28. The number of aliphatic hydroxyl groups is 1. The molecule has 10 heteroatoms. The third-order valence-electron chi connectivity index (χ3n) is 4.94. The molecular formula is C21H39IN6O3. The van der Waals surface area contributed by atoms with Crippen LogP contribution in [0.1, 0.15) is 53.0 Å². The van der Waals surface area contributed by atoms with Gasteiger partial charge in [-0.1, -0.05) is 0 Å². The Morgan fingerprint density at radius 1 is 1.35 bits per heavy atom. The number of nitrogens with zero attached hydrogens (tertiary/aromatic N) is 4. The van der Waals surface area contributed by atoms with Gasteiger partial charge in [-0.2, -0.15) is 5.10 Å². The number of amides is 1. The minimum absolute atomic E-state index is 0. The number of rotatable bonds is 6. The monoisotopic (exact) mass is 550 g/mol. The number of aliphatic imine (C=N–C) groups is 1. The van der Waals surface area contributed by atoms with Crippen LogP contribution < -0.4 is 10.6 Å². The summed E-state index contributed by atoms with van der Waals surface area (Å²) in [6.45, 7) is 12.4. The number of hydrogen-bond acceptors (Lipinski definition) is 5. The molecule has 0 aromatic carbocycles. The fourth-order valence-corrected chi connectivity index (χ4v) is 3.33. The van der Waals surface area contributed by atoms with Crippen molar-refractivity contribution in [2.75, 3.05) is 32.7 Å². The topological polar surface area (TPSA) is 104 Å². The number of carbonyl (C=O) groups excluding carboxylic acids is 1. The molecule has 1 aliphatic heterocycles. The first-order valence-electron chi connectivity index (χ1n) is 10.7. The molecule has 0 aliphatic carbocycles. The second kappa shape index (κ2) is 11.9. The number of guanidine groups is 1. The van der Waals surface area contributed by atoms with E-state index in [1.807, 2.05) is 34.7 Å². The van der Waals surface area contributed by atoms with Gasteiger partial charge in [0, 0.05) is 45.0 Å². The lowest BCUT2D eigenvalue weighted by Gasteiger charge is -2.34. The molecular weight excluding hydrogens is 511 g/mol. The molecule has 9 nitrogen and oxygen atoms in total. The van der Waals surface area contributed by atoms with Crippen LogP contribution in [-0.4, -0.2) is 70.2 Å². The van der Waals surface area contributed by atoms with E-state index in [9.17, 15) is 9.90 Å². The zero-order valence-electron chi connectivity index (χ0n) is 19.6. The average Bonchev–Trinajstić information content (AvgIpc) is 3.10. The highest BCUT2D eigenvalue weighted by Crippen LogP contribution is 2.20. The fraction of sp³-hybridized carbons (Fsp3) is 0.762. The predicted octanol–water partition coefficient (Wildman–Crippen LogP) is 2.45. The number of hydrogen-bond donors (Lipinski definition) is 3. The largest absolute Gasteiger partial charge is 0.444 e. The van der Waals surface area contributed by atoms with Crippen molar-refractivity contribution in [1.82, 2.24) is 25.3 Å². The summed E-state index contributed by atoms with van der Waals surface area (Å²) in [4.78, 5) is 18.7. The standard InChI is InChI=1S/C21H38N6O3.HI/c1-7-22-18(24-15-21(5,29)17-12-25-26(6)14-17)23-11-16-9-8-10-27(13-16)19(28)30-20(2,3)4;/h12,14,16,29H,7-11,13,15H2,1-6H3,(H2,22,23,24);1H. The van der Waals surface area contributed by atoms with Crippen molar-refractivity contribution in [3.05, 3.63) is 18.0 Å². The van der Waals surface area contributed by atoms with Crippen LogP contribution in [0, 0.1) is 5.92 Å². The molecule has 2 rings (SSSR count). The van der Waals surface area contributed by atoms with Crippen LogP contribution in [0.2, 0.25) is 0 Å².